The smallest absolute Gasteiger partial charge is 0.338 e. The summed E-state index contributed by atoms with van der Waals surface area (Å²) in [5.41, 5.74) is 0.248. The molecule has 0 aromatic heterocycles. The molecule has 0 heterocycles. The fourth-order valence-electron chi connectivity index (χ4n) is 5.51. The van der Waals surface area contributed by atoms with Gasteiger partial charge >= 0.3 is 5.97 Å². The van der Waals surface area contributed by atoms with Crippen LogP contribution in [0.25, 0.3) is 0 Å². The van der Waals surface area contributed by atoms with Crippen LogP contribution in [0.5, 0.6) is 5.75 Å². The predicted molar refractivity (Wildman–Crippen MR) is 92.0 cm³/mol. The lowest BCUT2D eigenvalue weighted by molar-refractivity contribution is -0.134. The molecule has 0 radical (unpaired) electrons. The molecular formula is C20H25NO4. The van der Waals surface area contributed by atoms with Crippen LogP contribution in [-0.2, 0) is 9.53 Å². The molecule has 0 spiro atoms. The molecule has 25 heavy (non-hydrogen) atoms. The molecular weight excluding hydrogens is 318 g/mol. The van der Waals surface area contributed by atoms with Crippen molar-refractivity contribution in [3.63, 3.8) is 0 Å². The molecule has 5 nitrogen and oxygen atoms in total. The highest BCUT2D eigenvalue weighted by Crippen LogP contribution is 2.55. The lowest BCUT2D eigenvalue weighted by Gasteiger charge is -2.57. The Morgan fingerprint density at radius 2 is 1.60 bits per heavy atom. The minimum absolute atomic E-state index is 0.0783. The second kappa shape index (κ2) is 6.04. The lowest BCUT2D eigenvalue weighted by Crippen LogP contribution is -2.61. The van der Waals surface area contributed by atoms with E-state index in [-0.39, 0.29) is 17.2 Å². The van der Waals surface area contributed by atoms with Crippen LogP contribution in [0.15, 0.2) is 24.3 Å². The van der Waals surface area contributed by atoms with Crippen LogP contribution >= 0.6 is 0 Å². The molecule has 1 amide bonds. The van der Waals surface area contributed by atoms with E-state index in [2.05, 4.69) is 5.32 Å². The predicted octanol–water partition coefficient (Wildman–Crippen LogP) is 3.02. The number of nitrogens with one attached hydrogen (secondary N) is 1. The number of ether oxygens (including phenoxy) is 1. The molecule has 4 saturated carbocycles. The SMILES string of the molecule is C[C@@H](OC(=O)c1ccc(O)cc1)C(=O)NC12CC3CC(CC(C3)C1)C2. The van der Waals surface area contributed by atoms with E-state index in [0.29, 0.717) is 5.56 Å². The maximum absolute atomic E-state index is 12.6. The average Bonchev–Trinajstić information content (AvgIpc) is 2.53. The van der Waals surface area contributed by atoms with E-state index >= 15 is 0 Å². The minimum Gasteiger partial charge on any atom is -0.508 e. The summed E-state index contributed by atoms with van der Waals surface area (Å²) in [6, 6.07) is 5.83. The van der Waals surface area contributed by atoms with Crippen molar-refractivity contribution in [1.29, 1.82) is 0 Å². The molecule has 1 aromatic rings. The molecule has 1 atom stereocenters. The number of phenolic OH excluding ortho intramolecular Hbond substituents is 1. The third kappa shape index (κ3) is 3.24. The Kier molecular flexibility index (Phi) is 3.97. The van der Waals surface area contributed by atoms with E-state index in [9.17, 15) is 14.7 Å². The fourth-order valence-corrected chi connectivity index (χ4v) is 5.51. The van der Waals surface area contributed by atoms with Crippen molar-refractivity contribution in [3.8, 4) is 5.75 Å². The number of carbonyl (C=O) groups is 2. The fraction of sp³-hybridized carbons (Fsp3) is 0.600. The summed E-state index contributed by atoms with van der Waals surface area (Å²) in [6.07, 6.45) is 6.35. The van der Waals surface area contributed by atoms with Gasteiger partial charge in [0.15, 0.2) is 6.10 Å². The summed E-state index contributed by atoms with van der Waals surface area (Å²) >= 11 is 0. The minimum atomic E-state index is -0.825. The van der Waals surface area contributed by atoms with Crippen molar-refractivity contribution in [2.24, 2.45) is 17.8 Å². The van der Waals surface area contributed by atoms with E-state index in [1.54, 1.807) is 6.92 Å². The maximum Gasteiger partial charge on any atom is 0.338 e. The number of phenols is 1. The molecule has 4 aliphatic carbocycles. The van der Waals surface area contributed by atoms with Crippen LogP contribution in [0.2, 0.25) is 0 Å². The Hall–Kier alpha value is -2.04. The first-order valence-electron chi connectivity index (χ1n) is 9.24. The van der Waals surface area contributed by atoms with Crippen molar-refractivity contribution in [1.82, 2.24) is 5.32 Å². The standard InChI is InChI=1S/C20H25NO4/c1-12(25-19(24)16-2-4-17(22)5-3-16)18(23)21-20-9-13-6-14(10-20)8-15(7-13)11-20/h2-5,12-15,22H,6-11H2,1H3,(H,21,23)/t12-,13?,14?,15?,20?/m1/s1. The number of hydrogen-bond acceptors (Lipinski definition) is 4. The second-order valence-electron chi connectivity index (χ2n) is 8.28. The molecule has 0 saturated heterocycles. The molecule has 0 aliphatic heterocycles. The third-order valence-corrected chi connectivity index (χ3v) is 6.18. The normalized spacial score (nSPS) is 33.7. The van der Waals surface area contributed by atoms with Gasteiger partial charge in [0.25, 0.3) is 5.91 Å². The van der Waals surface area contributed by atoms with Gasteiger partial charge in [-0.2, -0.15) is 0 Å². The zero-order valence-corrected chi connectivity index (χ0v) is 14.5. The van der Waals surface area contributed by atoms with Crippen LogP contribution in [0.4, 0.5) is 0 Å². The van der Waals surface area contributed by atoms with Crippen molar-refractivity contribution in [3.05, 3.63) is 29.8 Å². The van der Waals surface area contributed by atoms with Gasteiger partial charge in [-0.3, -0.25) is 4.79 Å². The average molecular weight is 343 g/mol. The van der Waals surface area contributed by atoms with Gasteiger partial charge in [-0.15, -0.1) is 0 Å². The maximum atomic E-state index is 12.6. The summed E-state index contributed by atoms with van der Waals surface area (Å²) in [6.45, 7) is 1.62. The van der Waals surface area contributed by atoms with Crippen LogP contribution in [0, 0.1) is 17.8 Å². The van der Waals surface area contributed by atoms with Crippen molar-refractivity contribution < 1.29 is 19.4 Å². The van der Waals surface area contributed by atoms with E-state index in [0.717, 1.165) is 37.0 Å². The number of aromatic hydroxyl groups is 1. The summed E-state index contributed by atoms with van der Waals surface area (Å²) in [5, 5.41) is 12.5. The quantitative estimate of drug-likeness (QED) is 0.824. The summed E-state index contributed by atoms with van der Waals surface area (Å²) in [5.74, 6) is 1.59. The second-order valence-corrected chi connectivity index (χ2v) is 8.28. The molecule has 4 fully saturated rings. The molecule has 2 N–H and O–H groups in total. The first-order chi connectivity index (χ1) is 11.9. The summed E-state index contributed by atoms with van der Waals surface area (Å²) in [4.78, 5) is 24.8. The molecule has 0 unspecified atom stereocenters. The number of amides is 1. The monoisotopic (exact) mass is 343 g/mol. The molecule has 4 aliphatic rings. The third-order valence-electron chi connectivity index (χ3n) is 6.18. The van der Waals surface area contributed by atoms with Crippen LogP contribution in [0.3, 0.4) is 0 Å². The van der Waals surface area contributed by atoms with E-state index in [1.165, 1.54) is 43.5 Å². The zero-order valence-electron chi connectivity index (χ0n) is 14.5. The van der Waals surface area contributed by atoms with Crippen molar-refractivity contribution in [2.75, 3.05) is 0 Å². The van der Waals surface area contributed by atoms with E-state index in [1.807, 2.05) is 0 Å². The van der Waals surface area contributed by atoms with Gasteiger partial charge in [-0.1, -0.05) is 0 Å². The van der Waals surface area contributed by atoms with Gasteiger partial charge < -0.3 is 15.2 Å². The van der Waals surface area contributed by atoms with Crippen molar-refractivity contribution in [2.45, 2.75) is 57.1 Å². The van der Waals surface area contributed by atoms with Gasteiger partial charge in [-0.05, 0) is 87.5 Å². The van der Waals surface area contributed by atoms with Crippen LogP contribution in [0.1, 0.15) is 55.8 Å². The Labute approximate surface area is 147 Å². The number of rotatable bonds is 4. The van der Waals surface area contributed by atoms with Gasteiger partial charge in [0.05, 0.1) is 5.56 Å². The topological polar surface area (TPSA) is 75.6 Å². The molecule has 134 valence electrons. The number of benzene rings is 1. The van der Waals surface area contributed by atoms with Gasteiger partial charge in [-0.25, -0.2) is 4.79 Å². The number of carbonyl (C=O) groups excluding carboxylic acids is 2. The molecule has 4 bridgehead atoms. The highest BCUT2D eigenvalue weighted by Gasteiger charge is 2.51. The van der Waals surface area contributed by atoms with Gasteiger partial charge in [0, 0.05) is 5.54 Å². The summed E-state index contributed by atoms with van der Waals surface area (Å²) < 4.78 is 5.32. The summed E-state index contributed by atoms with van der Waals surface area (Å²) in [7, 11) is 0. The van der Waals surface area contributed by atoms with E-state index < -0.39 is 12.1 Å². The number of hydrogen-bond donors (Lipinski definition) is 2. The highest BCUT2D eigenvalue weighted by molar-refractivity contribution is 5.92. The van der Waals surface area contributed by atoms with Crippen molar-refractivity contribution >= 4 is 11.9 Å². The Bertz CT molecular complexity index is 646. The Morgan fingerprint density at radius 1 is 1.08 bits per heavy atom. The first-order valence-corrected chi connectivity index (χ1v) is 9.24. The molecule has 5 rings (SSSR count). The largest absolute Gasteiger partial charge is 0.508 e. The van der Waals surface area contributed by atoms with Gasteiger partial charge in [0.2, 0.25) is 0 Å². The highest BCUT2D eigenvalue weighted by atomic mass is 16.5. The van der Waals surface area contributed by atoms with Crippen LogP contribution in [-0.4, -0.2) is 28.6 Å². The van der Waals surface area contributed by atoms with Crippen LogP contribution < -0.4 is 5.32 Å². The Morgan fingerprint density at radius 3 is 2.12 bits per heavy atom. The first kappa shape index (κ1) is 16.4. The number of esters is 1. The lowest BCUT2D eigenvalue weighted by atomic mass is 9.53. The zero-order chi connectivity index (χ0) is 17.6. The Balaban J connectivity index is 1.38. The molecule has 5 heteroatoms. The van der Waals surface area contributed by atoms with Gasteiger partial charge in [0.1, 0.15) is 5.75 Å². The molecule has 1 aromatic carbocycles. The van der Waals surface area contributed by atoms with E-state index in [4.69, 9.17) is 4.74 Å².